The minimum Gasteiger partial charge on any atom is -0.507 e. The quantitative estimate of drug-likeness (QED) is 0.152. The zero-order chi connectivity index (χ0) is 27.8. The molecule has 0 spiro atoms. The molecule has 0 aliphatic carbocycles. The number of non-ortho nitro benzene ring substituents is 1. The Morgan fingerprint density at radius 2 is 1.63 bits per heavy atom. The largest absolute Gasteiger partial charge is 0.507 e. The summed E-state index contributed by atoms with van der Waals surface area (Å²) in [4.78, 5) is 37.7. The molecule has 1 fully saturated rings. The number of hydrogen-bond acceptors (Lipinski definition) is 7. The third-order valence-electron chi connectivity index (χ3n) is 5.97. The standard InChI is InChI=1S/C26H19F3N2O7/c1-37-19-11-8-15(12-20(19)38-2)22-21(23(32)14-6-9-17(10-7-14)31(35)36)24(33)25(34)30(22)18-5-3-4-16(13-18)26(27,28)29/h3-13,22,32H,1-2H3/b23-21-. The summed E-state index contributed by atoms with van der Waals surface area (Å²) >= 11 is 0. The zero-order valence-electron chi connectivity index (χ0n) is 19.9. The number of anilines is 1. The molecule has 0 aromatic heterocycles. The molecule has 1 aliphatic rings. The van der Waals surface area contributed by atoms with Crippen LogP contribution in [-0.2, 0) is 15.8 Å². The Balaban J connectivity index is 1.96. The van der Waals surface area contributed by atoms with Crippen molar-refractivity contribution in [2.75, 3.05) is 19.1 Å². The molecule has 3 aromatic rings. The predicted octanol–water partition coefficient (Wildman–Crippen LogP) is 5.26. The van der Waals surface area contributed by atoms with Crippen LogP contribution >= 0.6 is 0 Å². The van der Waals surface area contributed by atoms with Gasteiger partial charge in [-0.05, 0) is 48.0 Å². The van der Waals surface area contributed by atoms with Crippen molar-refractivity contribution >= 4 is 28.8 Å². The van der Waals surface area contributed by atoms with Crippen LogP contribution in [0.25, 0.3) is 5.76 Å². The summed E-state index contributed by atoms with van der Waals surface area (Å²) in [6, 6.07) is 11.5. The number of amides is 1. The highest BCUT2D eigenvalue weighted by atomic mass is 19.4. The van der Waals surface area contributed by atoms with E-state index in [1.807, 2.05) is 0 Å². The van der Waals surface area contributed by atoms with Crippen LogP contribution in [0.5, 0.6) is 11.5 Å². The molecule has 1 N–H and O–H groups in total. The number of ether oxygens (including phenoxy) is 2. The van der Waals surface area contributed by atoms with Crippen LogP contribution in [0.4, 0.5) is 24.5 Å². The fraction of sp³-hybridized carbons (Fsp3) is 0.154. The van der Waals surface area contributed by atoms with Crippen LogP contribution < -0.4 is 14.4 Å². The van der Waals surface area contributed by atoms with E-state index in [0.717, 1.165) is 35.2 Å². The van der Waals surface area contributed by atoms with E-state index in [1.165, 1.54) is 50.6 Å². The summed E-state index contributed by atoms with van der Waals surface area (Å²) in [5.41, 5.74) is -1.76. The summed E-state index contributed by atoms with van der Waals surface area (Å²) in [5, 5.41) is 22.1. The molecule has 0 saturated carbocycles. The molecule has 196 valence electrons. The first kappa shape index (κ1) is 26.2. The Morgan fingerprint density at radius 1 is 0.974 bits per heavy atom. The number of hydrogen-bond donors (Lipinski definition) is 1. The van der Waals surface area contributed by atoms with Gasteiger partial charge in [-0.25, -0.2) is 0 Å². The second kappa shape index (κ2) is 9.88. The Hall–Kier alpha value is -4.87. The summed E-state index contributed by atoms with van der Waals surface area (Å²) < 4.78 is 50.9. The Kier molecular flexibility index (Phi) is 6.81. The number of Topliss-reactive ketones (excluding diaryl/α,β-unsaturated/α-hetero) is 1. The Labute approximate surface area is 213 Å². The smallest absolute Gasteiger partial charge is 0.416 e. The van der Waals surface area contributed by atoms with Gasteiger partial charge in [0.05, 0.1) is 36.3 Å². The van der Waals surface area contributed by atoms with Crippen molar-refractivity contribution < 1.29 is 42.3 Å². The van der Waals surface area contributed by atoms with Crippen LogP contribution in [0.3, 0.4) is 0 Å². The second-order valence-corrected chi connectivity index (χ2v) is 8.14. The zero-order valence-corrected chi connectivity index (χ0v) is 19.9. The number of halogens is 3. The number of rotatable bonds is 6. The van der Waals surface area contributed by atoms with Gasteiger partial charge in [0.1, 0.15) is 5.76 Å². The first-order chi connectivity index (χ1) is 18.0. The lowest BCUT2D eigenvalue weighted by Crippen LogP contribution is -2.29. The van der Waals surface area contributed by atoms with Crippen molar-refractivity contribution in [2.24, 2.45) is 0 Å². The molecule has 1 amide bonds. The summed E-state index contributed by atoms with van der Waals surface area (Å²) in [6.45, 7) is 0. The molecule has 1 heterocycles. The minimum absolute atomic E-state index is 0.0110. The lowest BCUT2D eigenvalue weighted by Gasteiger charge is -2.26. The van der Waals surface area contributed by atoms with Crippen molar-refractivity contribution in [3.63, 3.8) is 0 Å². The molecule has 1 atom stereocenters. The van der Waals surface area contributed by atoms with E-state index in [2.05, 4.69) is 0 Å². The maximum atomic E-state index is 13.4. The third-order valence-corrected chi connectivity index (χ3v) is 5.97. The topological polar surface area (TPSA) is 119 Å². The average Bonchev–Trinajstić information content (AvgIpc) is 3.17. The molecule has 0 radical (unpaired) electrons. The molecule has 1 saturated heterocycles. The van der Waals surface area contributed by atoms with Gasteiger partial charge in [-0.15, -0.1) is 0 Å². The van der Waals surface area contributed by atoms with Crippen LogP contribution in [0.1, 0.15) is 22.7 Å². The Morgan fingerprint density at radius 3 is 2.21 bits per heavy atom. The number of nitrogens with zero attached hydrogens (tertiary/aromatic N) is 2. The molecule has 0 bridgehead atoms. The van der Waals surface area contributed by atoms with Gasteiger partial charge in [0, 0.05) is 23.4 Å². The van der Waals surface area contributed by atoms with Gasteiger partial charge in [-0.3, -0.25) is 24.6 Å². The van der Waals surface area contributed by atoms with E-state index < -0.39 is 45.7 Å². The van der Waals surface area contributed by atoms with Gasteiger partial charge in [0.25, 0.3) is 17.4 Å². The molecule has 9 nitrogen and oxygen atoms in total. The van der Waals surface area contributed by atoms with Crippen molar-refractivity contribution in [3.05, 3.63) is 99.1 Å². The highest BCUT2D eigenvalue weighted by molar-refractivity contribution is 6.51. The fourth-order valence-electron chi connectivity index (χ4n) is 4.17. The molecule has 4 rings (SSSR count). The lowest BCUT2D eigenvalue weighted by atomic mass is 9.94. The fourth-order valence-corrected chi connectivity index (χ4v) is 4.17. The molecular weight excluding hydrogens is 509 g/mol. The van der Waals surface area contributed by atoms with Gasteiger partial charge in [0.2, 0.25) is 0 Å². The number of carbonyl (C=O) groups is 2. The van der Waals surface area contributed by atoms with Crippen LogP contribution in [0, 0.1) is 10.1 Å². The van der Waals surface area contributed by atoms with Crippen LogP contribution in [0.15, 0.2) is 72.3 Å². The third kappa shape index (κ3) is 4.63. The maximum Gasteiger partial charge on any atom is 0.416 e. The van der Waals surface area contributed by atoms with E-state index in [1.54, 1.807) is 0 Å². The van der Waals surface area contributed by atoms with Gasteiger partial charge >= 0.3 is 6.18 Å². The minimum atomic E-state index is -4.72. The number of nitro groups is 1. The van der Waals surface area contributed by atoms with Gasteiger partial charge in [-0.1, -0.05) is 12.1 Å². The number of benzene rings is 3. The van der Waals surface area contributed by atoms with Crippen molar-refractivity contribution in [2.45, 2.75) is 12.2 Å². The van der Waals surface area contributed by atoms with Crippen LogP contribution in [0.2, 0.25) is 0 Å². The number of nitro benzene ring substituents is 1. The first-order valence-electron chi connectivity index (χ1n) is 10.9. The highest BCUT2D eigenvalue weighted by Crippen LogP contribution is 2.45. The van der Waals surface area contributed by atoms with E-state index in [4.69, 9.17) is 9.47 Å². The van der Waals surface area contributed by atoms with Crippen molar-refractivity contribution in [3.8, 4) is 11.5 Å². The molecule has 3 aromatic carbocycles. The van der Waals surface area contributed by atoms with Crippen molar-refractivity contribution in [1.29, 1.82) is 0 Å². The Bertz CT molecular complexity index is 1470. The second-order valence-electron chi connectivity index (χ2n) is 8.14. The molecule has 38 heavy (non-hydrogen) atoms. The first-order valence-corrected chi connectivity index (χ1v) is 10.9. The summed E-state index contributed by atoms with van der Waals surface area (Å²) in [6.07, 6.45) is -4.72. The normalized spacial score (nSPS) is 17.0. The number of aliphatic hydroxyl groups is 1. The van der Waals surface area contributed by atoms with E-state index in [9.17, 15) is 38.0 Å². The predicted molar refractivity (Wildman–Crippen MR) is 129 cm³/mol. The van der Waals surface area contributed by atoms with E-state index >= 15 is 0 Å². The molecule has 1 aliphatic heterocycles. The maximum absolute atomic E-state index is 13.4. The SMILES string of the molecule is COc1ccc(C2/C(=C(/O)c3ccc([N+](=O)[O-])cc3)C(=O)C(=O)N2c2cccc(C(F)(F)F)c2)cc1OC. The number of aliphatic hydroxyl groups excluding tert-OH is 1. The molecular formula is C26H19F3N2O7. The number of methoxy groups -OCH3 is 2. The van der Waals surface area contributed by atoms with Gasteiger partial charge < -0.3 is 14.6 Å². The summed E-state index contributed by atoms with van der Waals surface area (Å²) in [5.74, 6) is -2.48. The lowest BCUT2D eigenvalue weighted by molar-refractivity contribution is -0.384. The molecule has 12 heteroatoms. The van der Waals surface area contributed by atoms with Gasteiger partial charge in [-0.2, -0.15) is 13.2 Å². The summed E-state index contributed by atoms with van der Waals surface area (Å²) in [7, 11) is 2.74. The van der Waals surface area contributed by atoms with Crippen LogP contribution in [-0.4, -0.2) is 35.9 Å². The average molecular weight is 528 g/mol. The number of ketones is 1. The number of carbonyl (C=O) groups excluding carboxylic acids is 2. The monoisotopic (exact) mass is 528 g/mol. The number of alkyl halides is 3. The van der Waals surface area contributed by atoms with E-state index in [0.29, 0.717) is 5.75 Å². The molecule has 1 unspecified atom stereocenters. The van der Waals surface area contributed by atoms with Gasteiger partial charge in [0.15, 0.2) is 11.5 Å². The van der Waals surface area contributed by atoms with E-state index in [-0.39, 0.29) is 28.3 Å². The van der Waals surface area contributed by atoms with Crippen molar-refractivity contribution in [1.82, 2.24) is 0 Å². The highest BCUT2D eigenvalue weighted by Gasteiger charge is 2.47.